The van der Waals surface area contributed by atoms with Gasteiger partial charge >= 0.3 is 71.1 Å². The molecule has 2 rings (SSSR count). The van der Waals surface area contributed by atoms with Crippen molar-refractivity contribution in [3.8, 4) is 0 Å². The first-order chi connectivity index (χ1) is 9.50. The fourth-order valence-electron chi connectivity index (χ4n) is 1.70. The number of hydrogen-bond acceptors (Lipinski definition) is 3. The van der Waals surface area contributed by atoms with Crippen molar-refractivity contribution >= 4 is 35.1 Å². The van der Waals surface area contributed by atoms with Crippen LogP contribution in [0.15, 0.2) is 48.5 Å². The second-order valence-electron chi connectivity index (χ2n) is 3.96. The average molecular weight is 340 g/mol. The molecular weight excluding hydrogens is 328 g/mol. The number of nitrogens with zero attached hydrogens (tertiary/aromatic N) is 1. The van der Waals surface area contributed by atoms with Gasteiger partial charge in [0.1, 0.15) is 0 Å². The molecule has 8 heteroatoms. The Morgan fingerprint density at radius 3 is 1.95 bits per heavy atom. The first-order valence-corrected chi connectivity index (χ1v) is 5.96. The van der Waals surface area contributed by atoms with E-state index in [9.17, 15) is 9.59 Å². The molecule has 2 N–H and O–H groups in total. The predicted octanol–water partition coefficient (Wildman–Crippen LogP) is -2.39. The number of rotatable bonds is 4. The fourth-order valence-corrected chi connectivity index (χ4v) is 1.96. The minimum Gasteiger partial charge on any atom is -1.00 e. The van der Waals surface area contributed by atoms with Gasteiger partial charge in [-0.15, -0.1) is 0 Å². The number of halogens is 1. The van der Waals surface area contributed by atoms with E-state index in [1.54, 1.807) is 18.2 Å². The van der Waals surface area contributed by atoms with E-state index in [1.165, 1.54) is 34.8 Å². The first-order valence-electron chi connectivity index (χ1n) is 5.62. The van der Waals surface area contributed by atoms with Crippen LogP contribution in [0.4, 0.5) is 11.4 Å². The van der Waals surface area contributed by atoms with Crippen molar-refractivity contribution in [3.05, 3.63) is 59.7 Å². The maximum absolute atomic E-state index is 11.1. The number of para-hydroxylation sites is 1. The minimum absolute atomic E-state index is 0. The molecule has 0 aliphatic rings. The molecular formula is C14H12ClNNa2O4. The molecule has 0 bridgehead atoms. The summed E-state index contributed by atoms with van der Waals surface area (Å²) < 4.78 is 1.18. The molecule has 0 aromatic heterocycles. The van der Waals surface area contributed by atoms with E-state index in [0.717, 1.165) is 0 Å². The van der Waals surface area contributed by atoms with Gasteiger partial charge in [0.2, 0.25) is 0 Å². The Morgan fingerprint density at radius 1 is 0.909 bits per heavy atom. The summed E-state index contributed by atoms with van der Waals surface area (Å²) in [5.41, 5.74) is 0.977. The SMILES string of the molecule is O=C(O)c1ccc(N(Cl)c2ccccc2C(=O)O)cc1.[H-].[H-].[Na+].[Na+]. The number of carboxylic acids is 2. The Balaban J connectivity index is -0.00000110. The van der Waals surface area contributed by atoms with Crippen molar-refractivity contribution < 1.29 is 81.8 Å². The van der Waals surface area contributed by atoms with Crippen LogP contribution in [0.5, 0.6) is 0 Å². The van der Waals surface area contributed by atoms with Crippen molar-refractivity contribution in [1.82, 2.24) is 0 Å². The number of anilines is 2. The summed E-state index contributed by atoms with van der Waals surface area (Å²) in [6.45, 7) is 0. The first kappa shape index (κ1) is 21.5. The van der Waals surface area contributed by atoms with Gasteiger partial charge in [0.25, 0.3) is 0 Å². The monoisotopic (exact) mass is 339 g/mol. The molecule has 2 aromatic rings. The molecule has 0 spiro atoms. The summed E-state index contributed by atoms with van der Waals surface area (Å²) in [5, 5.41) is 17.9. The molecule has 0 saturated carbocycles. The summed E-state index contributed by atoms with van der Waals surface area (Å²) >= 11 is 6.14. The largest absolute Gasteiger partial charge is 1.00 e. The van der Waals surface area contributed by atoms with Crippen LogP contribution in [0.2, 0.25) is 0 Å². The quantitative estimate of drug-likeness (QED) is 0.480. The van der Waals surface area contributed by atoms with Gasteiger partial charge < -0.3 is 13.1 Å². The van der Waals surface area contributed by atoms with Crippen LogP contribution in [-0.2, 0) is 0 Å². The van der Waals surface area contributed by atoms with E-state index in [0.29, 0.717) is 11.4 Å². The van der Waals surface area contributed by atoms with E-state index >= 15 is 0 Å². The van der Waals surface area contributed by atoms with E-state index in [-0.39, 0.29) is 73.1 Å². The van der Waals surface area contributed by atoms with Gasteiger partial charge in [0, 0.05) is 11.8 Å². The summed E-state index contributed by atoms with van der Waals surface area (Å²) in [6.07, 6.45) is 0. The maximum atomic E-state index is 11.1. The number of aromatic carboxylic acids is 2. The van der Waals surface area contributed by atoms with Gasteiger partial charge in [-0.1, -0.05) is 12.1 Å². The average Bonchev–Trinajstić information content (AvgIpc) is 2.46. The molecule has 0 aliphatic heterocycles. The molecule has 0 amide bonds. The van der Waals surface area contributed by atoms with Crippen LogP contribution in [0.25, 0.3) is 0 Å². The molecule has 0 fully saturated rings. The minimum atomic E-state index is -1.09. The van der Waals surface area contributed by atoms with Crippen molar-refractivity contribution in [2.75, 3.05) is 4.42 Å². The number of benzene rings is 2. The van der Waals surface area contributed by atoms with E-state index < -0.39 is 11.9 Å². The second kappa shape index (κ2) is 9.57. The molecule has 0 unspecified atom stereocenters. The molecule has 0 heterocycles. The Hall–Kier alpha value is -0.530. The summed E-state index contributed by atoms with van der Waals surface area (Å²) in [7, 11) is 0. The number of hydrogen-bond donors (Lipinski definition) is 2. The van der Waals surface area contributed by atoms with Gasteiger partial charge in [0.05, 0.1) is 22.5 Å². The van der Waals surface area contributed by atoms with Gasteiger partial charge in [-0.05, 0) is 36.4 Å². The normalized spacial score (nSPS) is 9.14. The topological polar surface area (TPSA) is 77.8 Å². The zero-order valence-corrected chi connectivity index (χ0v) is 16.9. The number of carbonyl (C=O) groups is 2. The van der Waals surface area contributed by atoms with Crippen LogP contribution >= 0.6 is 11.8 Å². The molecule has 2 aromatic carbocycles. The fraction of sp³-hybridized carbons (Fsp3) is 0. The molecule has 22 heavy (non-hydrogen) atoms. The van der Waals surface area contributed by atoms with Crippen molar-refractivity contribution in [2.24, 2.45) is 0 Å². The summed E-state index contributed by atoms with van der Waals surface area (Å²) in [5.74, 6) is -2.13. The Kier molecular flexibility index (Phi) is 9.34. The van der Waals surface area contributed by atoms with E-state index in [2.05, 4.69) is 0 Å². The third-order valence-electron chi connectivity index (χ3n) is 2.69. The molecule has 0 saturated heterocycles. The van der Waals surface area contributed by atoms with Crippen LogP contribution in [0.1, 0.15) is 23.6 Å². The smallest absolute Gasteiger partial charge is 1.00 e. The predicted molar refractivity (Wildman–Crippen MR) is 77.0 cm³/mol. The third-order valence-corrected chi connectivity index (χ3v) is 3.06. The van der Waals surface area contributed by atoms with E-state index in [1.807, 2.05) is 0 Å². The van der Waals surface area contributed by atoms with Gasteiger partial charge in [-0.3, -0.25) is 4.42 Å². The third kappa shape index (κ3) is 4.99. The zero-order chi connectivity index (χ0) is 14.7. The van der Waals surface area contributed by atoms with E-state index in [4.69, 9.17) is 22.0 Å². The molecule has 0 aliphatic carbocycles. The van der Waals surface area contributed by atoms with Gasteiger partial charge in [-0.2, -0.15) is 0 Å². The second-order valence-corrected chi connectivity index (χ2v) is 4.29. The standard InChI is InChI=1S/C14H10ClNO4.2Na.2H/c15-16(10-7-5-9(6-8-10)13(17)18)12-4-2-1-3-11(12)14(19)20;;;;/h1-8H,(H,17,18)(H,19,20);;;;/q;2*+1;2*-1. The molecule has 106 valence electrons. The van der Waals surface area contributed by atoms with Crippen molar-refractivity contribution in [3.63, 3.8) is 0 Å². The van der Waals surface area contributed by atoms with Crippen LogP contribution in [-0.4, -0.2) is 22.2 Å². The Labute approximate surface area is 179 Å². The van der Waals surface area contributed by atoms with Gasteiger partial charge in [-0.25, -0.2) is 9.59 Å². The van der Waals surface area contributed by atoms with Gasteiger partial charge in [0.15, 0.2) is 0 Å². The zero-order valence-electron chi connectivity index (χ0n) is 14.2. The summed E-state index contributed by atoms with van der Waals surface area (Å²) in [4.78, 5) is 21.9. The van der Waals surface area contributed by atoms with Crippen LogP contribution in [0.3, 0.4) is 0 Å². The maximum Gasteiger partial charge on any atom is 1.00 e. The van der Waals surface area contributed by atoms with Crippen molar-refractivity contribution in [2.45, 2.75) is 0 Å². The summed E-state index contributed by atoms with van der Waals surface area (Å²) in [6, 6.07) is 12.1. The number of carboxylic acid groups (broad SMARTS) is 2. The Bertz CT molecular complexity index is 674. The van der Waals surface area contributed by atoms with Crippen LogP contribution in [0, 0.1) is 0 Å². The molecule has 0 atom stereocenters. The molecule has 5 nitrogen and oxygen atoms in total. The molecule has 0 radical (unpaired) electrons. The Morgan fingerprint density at radius 2 is 1.45 bits per heavy atom. The van der Waals surface area contributed by atoms with Crippen molar-refractivity contribution in [1.29, 1.82) is 0 Å². The van der Waals surface area contributed by atoms with Crippen LogP contribution < -0.4 is 63.5 Å².